The Labute approximate surface area is 116 Å². The van der Waals surface area contributed by atoms with E-state index in [9.17, 15) is 8.42 Å². The van der Waals surface area contributed by atoms with E-state index in [4.69, 9.17) is 5.73 Å². The van der Waals surface area contributed by atoms with Crippen molar-refractivity contribution in [3.63, 3.8) is 0 Å². The van der Waals surface area contributed by atoms with Gasteiger partial charge in [-0.05, 0) is 25.3 Å². The lowest BCUT2D eigenvalue weighted by Gasteiger charge is -2.36. The van der Waals surface area contributed by atoms with Gasteiger partial charge in [0.25, 0.3) is 10.2 Å². The van der Waals surface area contributed by atoms with Crippen molar-refractivity contribution < 1.29 is 8.42 Å². The lowest BCUT2D eigenvalue weighted by Crippen LogP contribution is -2.53. The van der Waals surface area contributed by atoms with E-state index in [1.54, 1.807) is 8.61 Å². The molecule has 2 saturated heterocycles. The van der Waals surface area contributed by atoms with Crippen LogP contribution in [0.4, 0.5) is 0 Å². The Hall–Kier alpha value is -0.210. The number of rotatable bonds is 5. The topological polar surface area (TPSA) is 69.9 Å². The Morgan fingerprint density at radius 1 is 1.00 bits per heavy atom. The van der Waals surface area contributed by atoms with E-state index in [0.29, 0.717) is 38.6 Å². The molecule has 0 aromatic heterocycles. The average Bonchev–Trinajstić information content (AvgIpc) is 2.94. The zero-order valence-corrected chi connectivity index (χ0v) is 12.6. The van der Waals surface area contributed by atoms with E-state index >= 15 is 0 Å². The molecule has 0 saturated carbocycles. The van der Waals surface area contributed by atoms with Gasteiger partial charge in [0, 0.05) is 45.8 Å². The van der Waals surface area contributed by atoms with Gasteiger partial charge in [-0.25, -0.2) is 0 Å². The minimum atomic E-state index is -3.20. The van der Waals surface area contributed by atoms with Crippen molar-refractivity contribution in [1.29, 1.82) is 0 Å². The van der Waals surface area contributed by atoms with Crippen molar-refractivity contribution >= 4 is 10.2 Å². The van der Waals surface area contributed by atoms with Gasteiger partial charge in [0.15, 0.2) is 0 Å². The van der Waals surface area contributed by atoms with Crippen molar-refractivity contribution in [2.75, 3.05) is 52.4 Å². The van der Waals surface area contributed by atoms with Gasteiger partial charge in [0.05, 0.1) is 0 Å². The lowest BCUT2D eigenvalue weighted by molar-refractivity contribution is 0.165. The fourth-order valence-corrected chi connectivity index (χ4v) is 4.41. The summed E-state index contributed by atoms with van der Waals surface area (Å²) < 4.78 is 28.0. The highest BCUT2D eigenvalue weighted by molar-refractivity contribution is 7.86. The molecule has 0 spiro atoms. The van der Waals surface area contributed by atoms with Gasteiger partial charge in [-0.1, -0.05) is 6.92 Å². The normalized spacial score (nSPS) is 25.8. The molecule has 2 heterocycles. The Bertz CT molecular complexity index is 373. The number of hydrogen-bond acceptors (Lipinski definition) is 4. The minimum absolute atomic E-state index is 0.474. The van der Waals surface area contributed by atoms with Crippen LogP contribution in [0.2, 0.25) is 0 Å². The zero-order valence-electron chi connectivity index (χ0n) is 11.8. The molecule has 2 aliphatic rings. The third-order valence-electron chi connectivity index (χ3n) is 4.02. The standard InChI is InChI=1S/C12H26N4O2S/c1-12(10-13)11-14-6-8-16(9-7-14)19(17,18)15-4-2-3-5-15/h12H,2-11,13H2,1H3. The lowest BCUT2D eigenvalue weighted by atomic mass is 10.1. The van der Waals surface area contributed by atoms with Crippen molar-refractivity contribution in [2.45, 2.75) is 19.8 Å². The van der Waals surface area contributed by atoms with Crippen LogP contribution in [0.25, 0.3) is 0 Å². The van der Waals surface area contributed by atoms with Gasteiger partial charge in [-0.3, -0.25) is 0 Å². The fraction of sp³-hybridized carbons (Fsp3) is 1.00. The summed E-state index contributed by atoms with van der Waals surface area (Å²) in [5.41, 5.74) is 5.63. The predicted molar refractivity (Wildman–Crippen MR) is 76.0 cm³/mol. The monoisotopic (exact) mass is 290 g/mol. The van der Waals surface area contributed by atoms with Crippen molar-refractivity contribution in [3.05, 3.63) is 0 Å². The van der Waals surface area contributed by atoms with E-state index in [0.717, 1.165) is 32.5 Å². The van der Waals surface area contributed by atoms with Crippen LogP contribution < -0.4 is 5.73 Å². The maximum absolute atomic E-state index is 12.4. The number of nitrogens with zero attached hydrogens (tertiary/aromatic N) is 3. The van der Waals surface area contributed by atoms with E-state index in [1.165, 1.54) is 0 Å². The molecular formula is C12H26N4O2S. The second-order valence-corrected chi connectivity index (χ2v) is 7.58. The zero-order chi connectivity index (χ0) is 13.9. The summed E-state index contributed by atoms with van der Waals surface area (Å²) in [7, 11) is -3.20. The smallest absolute Gasteiger partial charge is 0.282 e. The second-order valence-electron chi connectivity index (χ2n) is 5.65. The molecule has 2 fully saturated rings. The Morgan fingerprint density at radius 3 is 2.05 bits per heavy atom. The van der Waals surface area contributed by atoms with Gasteiger partial charge in [0.1, 0.15) is 0 Å². The summed E-state index contributed by atoms with van der Waals surface area (Å²) in [4.78, 5) is 2.31. The first kappa shape index (κ1) is 15.2. The quantitative estimate of drug-likeness (QED) is 0.744. The van der Waals surface area contributed by atoms with Crippen LogP contribution in [0, 0.1) is 5.92 Å². The average molecular weight is 290 g/mol. The molecule has 112 valence electrons. The van der Waals surface area contributed by atoms with E-state index < -0.39 is 10.2 Å². The molecule has 6 nitrogen and oxygen atoms in total. The van der Waals surface area contributed by atoms with Gasteiger partial charge in [-0.15, -0.1) is 0 Å². The highest BCUT2D eigenvalue weighted by Gasteiger charge is 2.33. The first-order chi connectivity index (χ1) is 9.04. The predicted octanol–water partition coefficient (Wildman–Crippen LogP) is -0.461. The molecule has 1 unspecified atom stereocenters. The fourth-order valence-electron chi connectivity index (χ4n) is 2.74. The van der Waals surface area contributed by atoms with Crippen molar-refractivity contribution in [3.8, 4) is 0 Å². The largest absolute Gasteiger partial charge is 0.330 e. The van der Waals surface area contributed by atoms with Gasteiger partial charge in [0.2, 0.25) is 0 Å². The summed E-state index contributed by atoms with van der Waals surface area (Å²) in [5, 5.41) is 0. The maximum atomic E-state index is 12.4. The van der Waals surface area contributed by atoms with Gasteiger partial charge in [-0.2, -0.15) is 17.0 Å². The molecule has 0 bridgehead atoms. The molecule has 7 heteroatoms. The SMILES string of the molecule is CC(CN)CN1CCN(S(=O)(=O)N2CCCC2)CC1. The van der Waals surface area contributed by atoms with Crippen LogP contribution in [0.3, 0.4) is 0 Å². The molecule has 0 radical (unpaired) electrons. The van der Waals surface area contributed by atoms with Gasteiger partial charge >= 0.3 is 0 Å². The van der Waals surface area contributed by atoms with Crippen molar-refractivity contribution in [1.82, 2.24) is 13.5 Å². The maximum Gasteiger partial charge on any atom is 0.282 e. The summed E-state index contributed by atoms with van der Waals surface area (Å²) in [6, 6.07) is 0. The van der Waals surface area contributed by atoms with Crippen LogP contribution in [-0.2, 0) is 10.2 Å². The second kappa shape index (κ2) is 6.49. The molecule has 2 rings (SSSR count). The van der Waals surface area contributed by atoms with Crippen LogP contribution in [0.1, 0.15) is 19.8 Å². The summed E-state index contributed by atoms with van der Waals surface area (Å²) in [5.74, 6) is 0.474. The molecule has 0 aromatic carbocycles. The van der Waals surface area contributed by atoms with Crippen molar-refractivity contribution in [2.24, 2.45) is 11.7 Å². The molecule has 2 aliphatic heterocycles. The molecular weight excluding hydrogens is 264 g/mol. The van der Waals surface area contributed by atoms with Gasteiger partial charge < -0.3 is 10.6 Å². The van der Waals surface area contributed by atoms with E-state index in [-0.39, 0.29) is 0 Å². The Morgan fingerprint density at radius 2 is 1.53 bits per heavy atom. The number of nitrogens with two attached hydrogens (primary N) is 1. The number of hydrogen-bond donors (Lipinski definition) is 1. The van der Waals surface area contributed by atoms with Crippen LogP contribution in [0.5, 0.6) is 0 Å². The van der Waals surface area contributed by atoms with Crippen LogP contribution in [0.15, 0.2) is 0 Å². The third kappa shape index (κ3) is 3.66. The summed E-state index contributed by atoms with van der Waals surface area (Å²) >= 11 is 0. The Balaban J connectivity index is 1.85. The summed E-state index contributed by atoms with van der Waals surface area (Å²) in [6.07, 6.45) is 1.99. The molecule has 2 N–H and O–H groups in total. The van der Waals surface area contributed by atoms with Crippen LogP contribution in [-0.4, -0.2) is 74.3 Å². The van der Waals surface area contributed by atoms with E-state index in [1.807, 2.05) is 0 Å². The first-order valence-electron chi connectivity index (χ1n) is 7.21. The molecule has 1 atom stereocenters. The summed E-state index contributed by atoms with van der Waals surface area (Å²) in [6.45, 7) is 8.01. The molecule has 19 heavy (non-hydrogen) atoms. The molecule has 0 aliphatic carbocycles. The van der Waals surface area contributed by atoms with E-state index in [2.05, 4.69) is 11.8 Å². The Kier molecular flexibility index (Phi) is 5.19. The minimum Gasteiger partial charge on any atom is -0.330 e. The number of piperazine rings is 1. The molecule has 0 aromatic rings. The molecule has 0 amide bonds. The first-order valence-corrected chi connectivity index (χ1v) is 8.61. The highest BCUT2D eigenvalue weighted by Crippen LogP contribution is 2.18. The van der Waals surface area contributed by atoms with Crippen LogP contribution >= 0.6 is 0 Å². The third-order valence-corrected chi connectivity index (χ3v) is 6.06. The highest BCUT2D eigenvalue weighted by atomic mass is 32.2.